The van der Waals surface area contributed by atoms with Crippen LogP contribution >= 0.6 is 11.8 Å². The van der Waals surface area contributed by atoms with Crippen LogP contribution in [0.5, 0.6) is 0 Å². The monoisotopic (exact) mass is 356 g/mol. The van der Waals surface area contributed by atoms with Gasteiger partial charge in [-0.2, -0.15) is 0 Å². The molecule has 1 amide bonds. The summed E-state index contributed by atoms with van der Waals surface area (Å²) in [4.78, 5) is 19.7. The summed E-state index contributed by atoms with van der Waals surface area (Å²) in [6.45, 7) is 10.7. The molecule has 0 saturated carbocycles. The minimum absolute atomic E-state index is 0.242. The highest BCUT2D eigenvalue weighted by Crippen LogP contribution is 2.28. The third kappa shape index (κ3) is 3.84. The van der Waals surface area contributed by atoms with E-state index < -0.39 is 0 Å². The lowest BCUT2D eigenvalue weighted by Crippen LogP contribution is -2.48. The minimum atomic E-state index is 0.242. The molecule has 2 atom stereocenters. The van der Waals surface area contributed by atoms with E-state index in [9.17, 15) is 4.79 Å². The minimum Gasteiger partial charge on any atom is -0.337 e. The average Bonchev–Trinajstić information content (AvgIpc) is 2.54. The zero-order valence-corrected chi connectivity index (χ0v) is 16.7. The van der Waals surface area contributed by atoms with Gasteiger partial charge in [0, 0.05) is 17.5 Å². The van der Waals surface area contributed by atoms with Gasteiger partial charge in [0.2, 0.25) is 5.91 Å². The van der Waals surface area contributed by atoms with Crippen LogP contribution in [0.25, 0.3) is 10.9 Å². The van der Waals surface area contributed by atoms with Gasteiger partial charge in [-0.3, -0.25) is 4.79 Å². The Balaban J connectivity index is 1.77. The Labute approximate surface area is 155 Å². The summed E-state index contributed by atoms with van der Waals surface area (Å²) in [6.07, 6.45) is 3.46. The Hall–Kier alpha value is -1.55. The first-order valence-corrected chi connectivity index (χ1v) is 10.2. The van der Waals surface area contributed by atoms with Gasteiger partial charge in [0.05, 0.1) is 11.3 Å². The van der Waals surface area contributed by atoms with E-state index in [4.69, 9.17) is 4.98 Å². The fraction of sp³-hybridized carbons (Fsp3) is 0.524. The topological polar surface area (TPSA) is 33.2 Å². The molecule has 1 aliphatic rings. The zero-order chi connectivity index (χ0) is 18.1. The van der Waals surface area contributed by atoms with Crippen LogP contribution in [0.3, 0.4) is 0 Å². The summed E-state index contributed by atoms with van der Waals surface area (Å²) < 4.78 is 0. The predicted octanol–water partition coefficient (Wildman–Crippen LogP) is 5.04. The van der Waals surface area contributed by atoms with Gasteiger partial charge in [-0.05, 0) is 88.8 Å². The second-order valence-electron chi connectivity index (χ2n) is 7.46. The summed E-state index contributed by atoms with van der Waals surface area (Å²) >= 11 is 1.58. The van der Waals surface area contributed by atoms with Crippen molar-refractivity contribution in [2.24, 2.45) is 0 Å². The normalized spacial score (nSPS) is 20.9. The van der Waals surface area contributed by atoms with E-state index in [1.54, 1.807) is 11.8 Å². The Morgan fingerprint density at radius 3 is 2.36 bits per heavy atom. The van der Waals surface area contributed by atoms with Crippen LogP contribution in [0, 0.1) is 20.8 Å². The molecule has 4 heteroatoms. The highest BCUT2D eigenvalue weighted by atomic mass is 32.2. The van der Waals surface area contributed by atoms with E-state index in [1.165, 1.54) is 22.9 Å². The van der Waals surface area contributed by atoms with Crippen LogP contribution in [0.4, 0.5) is 0 Å². The third-order valence-electron chi connectivity index (χ3n) is 5.39. The van der Waals surface area contributed by atoms with E-state index in [0.717, 1.165) is 28.9 Å². The molecule has 0 aliphatic carbocycles. The van der Waals surface area contributed by atoms with Crippen LogP contribution in [0.1, 0.15) is 49.8 Å². The number of fused-ring (bicyclic) bond motifs is 1. The molecule has 1 aliphatic heterocycles. The first-order chi connectivity index (χ1) is 11.9. The number of pyridine rings is 1. The van der Waals surface area contributed by atoms with Crippen molar-refractivity contribution >= 4 is 28.6 Å². The molecule has 0 N–H and O–H groups in total. The van der Waals surface area contributed by atoms with Crippen molar-refractivity contribution in [3.05, 3.63) is 34.9 Å². The summed E-state index contributed by atoms with van der Waals surface area (Å²) in [5.74, 6) is 0.713. The van der Waals surface area contributed by atoms with Crippen molar-refractivity contribution in [2.45, 2.75) is 71.0 Å². The number of rotatable bonds is 3. The van der Waals surface area contributed by atoms with Crippen molar-refractivity contribution in [3.63, 3.8) is 0 Å². The maximum atomic E-state index is 12.7. The summed E-state index contributed by atoms with van der Waals surface area (Å²) in [5.41, 5.74) is 4.71. The molecule has 2 aromatic rings. The summed E-state index contributed by atoms with van der Waals surface area (Å²) in [5, 5.41) is 2.15. The van der Waals surface area contributed by atoms with Gasteiger partial charge in [-0.1, -0.05) is 11.8 Å². The molecule has 1 saturated heterocycles. The Bertz CT molecular complexity index is 792. The molecule has 2 heterocycles. The molecule has 1 aromatic carbocycles. The fourth-order valence-electron chi connectivity index (χ4n) is 3.79. The molecule has 3 nitrogen and oxygen atoms in total. The average molecular weight is 357 g/mol. The SMILES string of the molecule is Cc1cc2cc(C)c(SCC(=O)N3C(C)CCCC3C)nc2cc1C. The van der Waals surface area contributed by atoms with Gasteiger partial charge in [-0.25, -0.2) is 4.98 Å². The molecule has 0 spiro atoms. The number of hydrogen-bond donors (Lipinski definition) is 0. The maximum Gasteiger partial charge on any atom is 0.233 e. The van der Waals surface area contributed by atoms with Gasteiger partial charge < -0.3 is 4.90 Å². The van der Waals surface area contributed by atoms with Crippen molar-refractivity contribution in [3.8, 4) is 0 Å². The molecular weight excluding hydrogens is 328 g/mol. The van der Waals surface area contributed by atoms with Crippen molar-refractivity contribution in [1.82, 2.24) is 9.88 Å². The van der Waals surface area contributed by atoms with Gasteiger partial charge in [-0.15, -0.1) is 0 Å². The fourth-order valence-corrected chi connectivity index (χ4v) is 4.65. The highest BCUT2D eigenvalue weighted by molar-refractivity contribution is 7.99. The number of aryl methyl sites for hydroxylation is 3. The standard InChI is InChI=1S/C21H28N2OS/c1-13-9-18-10-15(3)21(22-19(18)11-14(13)2)25-12-20(24)23-16(4)7-6-8-17(23)5/h9-11,16-17H,6-8,12H2,1-5H3. The van der Waals surface area contributed by atoms with E-state index in [2.05, 4.69) is 57.7 Å². The van der Waals surface area contributed by atoms with Crippen molar-refractivity contribution in [2.75, 3.05) is 5.75 Å². The number of carbonyl (C=O) groups is 1. The van der Waals surface area contributed by atoms with Crippen LogP contribution in [0.15, 0.2) is 23.2 Å². The highest BCUT2D eigenvalue weighted by Gasteiger charge is 2.28. The first-order valence-electron chi connectivity index (χ1n) is 9.19. The Morgan fingerprint density at radius 1 is 1.08 bits per heavy atom. The van der Waals surface area contributed by atoms with Crippen LogP contribution in [-0.4, -0.2) is 33.6 Å². The van der Waals surface area contributed by atoms with Crippen molar-refractivity contribution in [1.29, 1.82) is 0 Å². The molecule has 134 valence electrons. The van der Waals surface area contributed by atoms with Gasteiger partial charge in [0.15, 0.2) is 0 Å². The lowest BCUT2D eigenvalue weighted by Gasteiger charge is -2.39. The number of carbonyl (C=O) groups excluding carboxylic acids is 1. The van der Waals surface area contributed by atoms with Crippen molar-refractivity contribution < 1.29 is 4.79 Å². The number of nitrogens with zero attached hydrogens (tertiary/aromatic N) is 2. The predicted molar refractivity (Wildman–Crippen MR) is 106 cm³/mol. The lowest BCUT2D eigenvalue weighted by atomic mass is 9.98. The number of benzene rings is 1. The molecule has 1 fully saturated rings. The molecule has 3 rings (SSSR count). The van der Waals surface area contributed by atoms with E-state index in [-0.39, 0.29) is 5.91 Å². The Morgan fingerprint density at radius 2 is 1.68 bits per heavy atom. The van der Waals surface area contributed by atoms with Gasteiger partial charge >= 0.3 is 0 Å². The van der Waals surface area contributed by atoms with Gasteiger partial charge in [0.1, 0.15) is 5.03 Å². The molecule has 0 bridgehead atoms. The largest absolute Gasteiger partial charge is 0.337 e. The number of hydrogen-bond acceptors (Lipinski definition) is 3. The number of aromatic nitrogens is 1. The maximum absolute atomic E-state index is 12.7. The number of thioether (sulfide) groups is 1. The Kier molecular flexibility index (Phi) is 5.38. The number of amides is 1. The molecular formula is C21H28N2OS. The first kappa shape index (κ1) is 18.2. The van der Waals surface area contributed by atoms with Crippen LogP contribution in [0.2, 0.25) is 0 Å². The van der Waals surface area contributed by atoms with Gasteiger partial charge in [0.25, 0.3) is 0 Å². The smallest absolute Gasteiger partial charge is 0.233 e. The molecule has 1 aromatic heterocycles. The third-order valence-corrected chi connectivity index (χ3v) is 6.47. The second-order valence-corrected chi connectivity index (χ2v) is 8.42. The second kappa shape index (κ2) is 7.36. The molecule has 25 heavy (non-hydrogen) atoms. The molecule has 2 unspecified atom stereocenters. The quantitative estimate of drug-likeness (QED) is 0.722. The lowest BCUT2D eigenvalue weighted by molar-refractivity contribution is -0.134. The van der Waals surface area contributed by atoms with Crippen LogP contribution in [-0.2, 0) is 4.79 Å². The zero-order valence-electron chi connectivity index (χ0n) is 15.9. The number of piperidine rings is 1. The summed E-state index contributed by atoms with van der Waals surface area (Å²) in [7, 11) is 0. The van der Waals surface area contributed by atoms with E-state index in [0.29, 0.717) is 17.8 Å². The van der Waals surface area contributed by atoms with E-state index >= 15 is 0 Å². The molecule has 0 radical (unpaired) electrons. The van der Waals surface area contributed by atoms with E-state index in [1.807, 2.05) is 0 Å². The summed E-state index contributed by atoms with van der Waals surface area (Å²) in [6, 6.07) is 7.24. The van der Waals surface area contributed by atoms with Crippen LogP contribution < -0.4 is 0 Å². The number of likely N-dealkylation sites (tertiary alicyclic amines) is 1.